The van der Waals surface area contributed by atoms with E-state index in [1.54, 1.807) is 41.6 Å². The molecule has 0 N–H and O–H groups in total. The Kier molecular flexibility index (Phi) is 10.7. The molecule has 3 aliphatic heterocycles. The molecule has 3 aromatic rings. The highest BCUT2D eigenvalue weighted by Gasteiger charge is 2.57. The molecular formula is C40H50N3O9+. The lowest BCUT2D eigenvalue weighted by Crippen LogP contribution is -2.64. The second-order valence-corrected chi connectivity index (χ2v) is 13.9. The van der Waals surface area contributed by atoms with Crippen LogP contribution in [0.5, 0.6) is 40.2 Å². The summed E-state index contributed by atoms with van der Waals surface area (Å²) in [6.07, 6.45) is 1.37. The second-order valence-electron chi connectivity index (χ2n) is 13.9. The fourth-order valence-electron chi connectivity index (χ4n) is 8.53. The number of hydrogen-bond acceptors (Lipinski definition) is 11. The average Bonchev–Trinajstić information content (AvgIpc) is 3.58. The highest BCUT2D eigenvalue weighted by molar-refractivity contribution is 5.71. The molecule has 0 fully saturated rings. The summed E-state index contributed by atoms with van der Waals surface area (Å²) in [6, 6.07) is 13.4. The molecule has 52 heavy (non-hydrogen) atoms. The van der Waals surface area contributed by atoms with Gasteiger partial charge in [0.2, 0.25) is 12.5 Å². The zero-order valence-electron chi connectivity index (χ0n) is 31.6. The molecule has 0 aromatic heterocycles. The van der Waals surface area contributed by atoms with E-state index in [0.717, 1.165) is 40.1 Å². The molecule has 0 saturated heterocycles. The van der Waals surface area contributed by atoms with Crippen molar-refractivity contribution in [2.24, 2.45) is 0 Å². The quantitative estimate of drug-likeness (QED) is 0.169. The molecule has 0 spiro atoms. The maximum Gasteiger partial charge on any atom is 0.306 e. The van der Waals surface area contributed by atoms with E-state index >= 15 is 0 Å². The summed E-state index contributed by atoms with van der Waals surface area (Å²) in [7, 11) is 12.1. The molecule has 12 nitrogen and oxygen atoms in total. The molecule has 3 heterocycles. The first-order valence-corrected chi connectivity index (χ1v) is 17.6. The predicted octanol–water partition coefficient (Wildman–Crippen LogP) is 5.75. The lowest BCUT2D eigenvalue weighted by atomic mass is 9.81. The van der Waals surface area contributed by atoms with Crippen molar-refractivity contribution in [2.45, 2.75) is 63.2 Å². The van der Waals surface area contributed by atoms with Gasteiger partial charge in [0.05, 0.1) is 55.1 Å². The summed E-state index contributed by atoms with van der Waals surface area (Å²) in [5, 5.41) is 11.2. The van der Waals surface area contributed by atoms with Crippen LogP contribution < -0.4 is 33.2 Å². The van der Waals surface area contributed by atoms with E-state index < -0.39 is 12.1 Å². The summed E-state index contributed by atoms with van der Waals surface area (Å²) in [5.74, 6) is 3.49. The van der Waals surface area contributed by atoms with Crippen molar-refractivity contribution in [3.63, 3.8) is 0 Å². The van der Waals surface area contributed by atoms with Crippen LogP contribution in [0.4, 0.5) is 0 Å². The lowest BCUT2D eigenvalue weighted by molar-refractivity contribution is -0.986. The minimum absolute atomic E-state index is 0.0464. The van der Waals surface area contributed by atoms with Gasteiger partial charge in [-0.15, -0.1) is 0 Å². The van der Waals surface area contributed by atoms with E-state index in [2.05, 4.69) is 44.1 Å². The molecule has 0 saturated carbocycles. The minimum atomic E-state index is -0.487. The number of carbonyl (C=O) groups is 1. The van der Waals surface area contributed by atoms with E-state index in [0.29, 0.717) is 51.8 Å². The number of nitrogens with zero attached hydrogens (tertiary/aromatic N) is 3. The molecule has 278 valence electrons. The van der Waals surface area contributed by atoms with Crippen LogP contribution in [0.2, 0.25) is 0 Å². The van der Waals surface area contributed by atoms with E-state index in [1.807, 2.05) is 25.1 Å². The summed E-state index contributed by atoms with van der Waals surface area (Å²) >= 11 is 0. The molecular weight excluding hydrogens is 666 g/mol. The maximum absolute atomic E-state index is 13.8. The molecule has 3 aromatic carbocycles. The number of fused-ring (bicyclic) bond motifs is 5. The summed E-state index contributed by atoms with van der Waals surface area (Å²) in [5.41, 5.74) is 5.03. The zero-order chi connectivity index (χ0) is 37.3. The molecule has 0 bridgehead atoms. The fourth-order valence-corrected chi connectivity index (χ4v) is 8.53. The molecule has 6 rings (SSSR count). The van der Waals surface area contributed by atoms with E-state index in [4.69, 9.17) is 37.9 Å². The molecule has 0 radical (unpaired) electrons. The Hall–Kier alpha value is -4.86. The topological polar surface area (TPSA) is 118 Å². The van der Waals surface area contributed by atoms with Crippen LogP contribution in [0.1, 0.15) is 66.1 Å². The first-order valence-electron chi connectivity index (χ1n) is 17.6. The summed E-state index contributed by atoms with van der Waals surface area (Å²) in [4.78, 5) is 16.1. The van der Waals surface area contributed by atoms with Gasteiger partial charge in [0, 0.05) is 23.1 Å². The first-order chi connectivity index (χ1) is 25.1. The smallest absolute Gasteiger partial charge is 0.306 e. The van der Waals surface area contributed by atoms with Crippen molar-refractivity contribution in [3.05, 3.63) is 64.2 Å². The van der Waals surface area contributed by atoms with Crippen LogP contribution in [0.25, 0.3) is 0 Å². The minimum Gasteiger partial charge on any atom is -0.493 e. The number of carbonyl (C=O) groups excluding carboxylic acids is 1. The highest BCUT2D eigenvalue weighted by Crippen LogP contribution is 2.54. The number of hydrogen-bond donors (Lipinski definition) is 0. The van der Waals surface area contributed by atoms with Gasteiger partial charge in [-0.2, -0.15) is 5.26 Å². The zero-order valence-corrected chi connectivity index (χ0v) is 31.6. The van der Waals surface area contributed by atoms with Gasteiger partial charge in [-0.05, 0) is 67.4 Å². The number of rotatable bonds is 12. The van der Waals surface area contributed by atoms with Crippen LogP contribution in [-0.2, 0) is 22.4 Å². The Bertz CT molecular complexity index is 1860. The Morgan fingerprint density at radius 1 is 0.904 bits per heavy atom. The van der Waals surface area contributed by atoms with Gasteiger partial charge in [0.1, 0.15) is 18.7 Å². The van der Waals surface area contributed by atoms with Crippen molar-refractivity contribution >= 4 is 5.97 Å². The van der Waals surface area contributed by atoms with Crippen LogP contribution in [0.3, 0.4) is 0 Å². The second kappa shape index (κ2) is 15.0. The number of nitriles is 1. The third-order valence-corrected chi connectivity index (χ3v) is 11.5. The third-order valence-electron chi connectivity index (χ3n) is 11.5. The first kappa shape index (κ1) is 36.9. The van der Waals surface area contributed by atoms with Gasteiger partial charge in [0.25, 0.3) is 0 Å². The van der Waals surface area contributed by atoms with Gasteiger partial charge in [0.15, 0.2) is 46.6 Å². The van der Waals surface area contributed by atoms with Crippen molar-refractivity contribution in [1.82, 2.24) is 4.90 Å². The van der Waals surface area contributed by atoms with Crippen LogP contribution in [0.15, 0.2) is 36.4 Å². The number of esters is 1. The maximum atomic E-state index is 13.8. The van der Waals surface area contributed by atoms with Crippen molar-refractivity contribution < 1.29 is 47.2 Å². The van der Waals surface area contributed by atoms with Gasteiger partial charge < -0.3 is 37.9 Å². The number of methoxy groups -OCH3 is 5. The van der Waals surface area contributed by atoms with Crippen molar-refractivity contribution in [2.75, 3.05) is 69.6 Å². The van der Waals surface area contributed by atoms with Gasteiger partial charge in [-0.3, -0.25) is 14.2 Å². The molecule has 12 heteroatoms. The third kappa shape index (κ3) is 6.20. The van der Waals surface area contributed by atoms with Gasteiger partial charge in [-0.1, -0.05) is 19.9 Å². The van der Waals surface area contributed by atoms with E-state index in [9.17, 15) is 10.1 Å². The van der Waals surface area contributed by atoms with E-state index in [1.165, 1.54) is 0 Å². The predicted molar refractivity (Wildman–Crippen MR) is 193 cm³/mol. The Morgan fingerprint density at radius 3 is 2.19 bits per heavy atom. The molecule has 3 aliphatic rings. The number of quaternary nitrogens is 1. The Labute approximate surface area is 306 Å². The lowest BCUT2D eigenvalue weighted by Gasteiger charge is -2.54. The molecule has 0 amide bonds. The summed E-state index contributed by atoms with van der Waals surface area (Å²) < 4.78 is 46.6. The Morgan fingerprint density at radius 2 is 1.56 bits per heavy atom. The van der Waals surface area contributed by atoms with Crippen LogP contribution >= 0.6 is 0 Å². The van der Waals surface area contributed by atoms with E-state index in [-0.39, 0.29) is 43.8 Å². The van der Waals surface area contributed by atoms with Crippen molar-refractivity contribution in [3.8, 4) is 46.3 Å². The molecule has 6 atom stereocenters. The standard InChI is InChI=1S/C40H50N3O9/c1-10-42(3)29-14-24-17-36-37(52-22-51-36)19-27(24)30-15-25-16-34(46-6)35(47-7)18-28(25)32(43(30,4)31(29)20-41)21-50-38(44)13-23(2)26-11-12-33(45-5)40(49-9)39(26)48-8/h11-12,16-19,23,29-32H,10,13-15,21-22H2,1-9H3/q+1. The van der Waals surface area contributed by atoms with Crippen LogP contribution in [-0.4, -0.2) is 97.0 Å². The monoisotopic (exact) mass is 716 g/mol. The SMILES string of the molecule is CCN(C)C1Cc2cc3c(cc2C2Cc4cc(OC)c(OC)cc4C(COC(=O)CC(C)c4ccc(OC)c(OC)c4OC)[N+]2(C)C1C#N)OCO3. The number of benzene rings is 3. The van der Waals surface area contributed by atoms with Gasteiger partial charge >= 0.3 is 5.97 Å². The number of ether oxygens (including phenoxy) is 8. The Balaban J connectivity index is 1.43. The average molecular weight is 717 g/mol. The fraction of sp³-hybridized carbons (Fsp3) is 0.500. The largest absolute Gasteiger partial charge is 0.493 e. The number of likely N-dealkylation sites (N-methyl/N-ethyl adjacent to an activating group) is 2. The summed E-state index contributed by atoms with van der Waals surface area (Å²) in [6.45, 7) is 5.03. The highest BCUT2D eigenvalue weighted by atomic mass is 16.7. The molecule has 0 aliphatic carbocycles. The van der Waals surface area contributed by atoms with Crippen LogP contribution in [0, 0.1) is 11.3 Å². The van der Waals surface area contributed by atoms with Crippen molar-refractivity contribution in [1.29, 1.82) is 5.26 Å². The van der Waals surface area contributed by atoms with Gasteiger partial charge in [-0.25, -0.2) is 0 Å². The normalized spacial score (nSPS) is 23.2. The molecule has 6 unspecified atom stereocenters.